The van der Waals surface area contributed by atoms with E-state index in [-0.39, 0.29) is 30.8 Å². The van der Waals surface area contributed by atoms with Gasteiger partial charge in [0.2, 0.25) is 0 Å². The van der Waals surface area contributed by atoms with Crippen LogP contribution in [0.15, 0.2) is 35.7 Å². The van der Waals surface area contributed by atoms with Crippen molar-refractivity contribution in [2.75, 3.05) is 13.1 Å². The summed E-state index contributed by atoms with van der Waals surface area (Å²) in [6, 6.07) is 8.06. The average molecular weight is 395 g/mol. The van der Waals surface area contributed by atoms with Crippen LogP contribution in [0, 0.1) is 0 Å². The van der Waals surface area contributed by atoms with Crippen LogP contribution in [0.1, 0.15) is 44.0 Å². The Hall–Kier alpha value is -3.00. The minimum absolute atomic E-state index is 0.0158. The molecule has 3 heterocycles. The van der Waals surface area contributed by atoms with Crippen molar-refractivity contribution in [3.05, 3.63) is 57.3 Å². The first-order chi connectivity index (χ1) is 13.5. The molecule has 2 aliphatic heterocycles. The standard InChI is InChI=1S/C20H17N3O4S/c24-16-12-4-1-2-5-13(12)17(25)22(16)9-10-23-18(26)20(21-19(23)27)8-3-6-15-14(20)7-11-28-15/h1-2,4-5,7,11H,3,6,8-10H2,(H,21,27). The van der Waals surface area contributed by atoms with Crippen molar-refractivity contribution < 1.29 is 19.2 Å². The molecule has 1 atom stereocenters. The second kappa shape index (κ2) is 6.00. The lowest BCUT2D eigenvalue weighted by Crippen LogP contribution is -2.46. The molecule has 1 unspecified atom stereocenters. The number of imide groups is 2. The van der Waals surface area contributed by atoms with E-state index in [9.17, 15) is 19.2 Å². The summed E-state index contributed by atoms with van der Waals surface area (Å²) in [5.74, 6) is -1.08. The van der Waals surface area contributed by atoms with Crippen LogP contribution in [0.25, 0.3) is 0 Å². The summed E-state index contributed by atoms with van der Waals surface area (Å²) in [7, 11) is 0. The second-order valence-corrected chi connectivity index (χ2v) is 8.21. The number of rotatable bonds is 3. The highest BCUT2D eigenvalue weighted by molar-refractivity contribution is 7.10. The van der Waals surface area contributed by atoms with Gasteiger partial charge in [-0.05, 0) is 42.8 Å². The summed E-state index contributed by atoms with van der Waals surface area (Å²) in [6.07, 6.45) is 2.30. The molecule has 1 spiro atoms. The Balaban J connectivity index is 1.37. The Morgan fingerprint density at radius 2 is 1.64 bits per heavy atom. The SMILES string of the molecule is O=C1NC2(CCCc3sccc32)C(=O)N1CCN1C(=O)c2ccccc2C1=O. The monoisotopic (exact) mass is 395 g/mol. The Morgan fingerprint density at radius 1 is 0.964 bits per heavy atom. The van der Waals surface area contributed by atoms with E-state index in [0.29, 0.717) is 17.5 Å². The van der Waals surface area contributed by atoms with Gasteiger partial charge < -0.3 is 5.32 Å². The topological polar surface area (TPSA) is 86.8 Å². The van der Waals surface area contributed by atoms with Crippen LogP contribution in [-0.2, 0) is 16.8 Å². The van der Waals surface area contributed by atoms with Crippen LogP contribution < -0.4 is 5.32 Å². The zero-order chi connectivity index (χ0) is 19.5. The summed E-state index contributed by atoms with van der Waals surface area (Å²) >= 11 is 1.60. The highest BCUT2D eigenvalue weighted by Gasteiger charge is 2.54. The first kappa shape index (κ1) is 17.1. The maximum atomic E-state index is 13.2. The highest BCUT2D eigenvalue weighted by atomic mass is 32.1. The zero-order valence-electron chi connectivity index (χ0n) is 14.9. The van der Waals surface area contributed by atoms with E-state index >= 15 is 0 Å². The average Bonchev–Trinajstić information content (AvgIpc) is 3.34. The molecule has 28 heavy (non-hydrogen) atoms. The summed E-state index contributed by atoms with van der Waals surface area (Å²) in [5, 5.41) is 4.83. The van der Waals surface area contributed by atoms with Gasteiger partial charge in [-0.2, -0.15) is 0 Å². The Morgan fingerprint density at radius 3 is 2.36 bits per heavy atom. The largest absolute Gasteiger partial charge is 0.325 e. The molecule has 1 aliphatic carbocycles. The molecule has 0 radical (unpaired) electrons. The fourth-order valence-corrected chi connectivity index (χ4v) is 5.39. The van der Waals surface area contributed by atoms with Crippen LogP contribution in [-0.4, -0.2) is 46.6 Å². The third-order valence-corrected chi connectivity index (χ3v) is 6.74. The van der Waals surface area contributed by atoms with Gasteiger partial charge in [-0.25, -0.2) is 4.79 Å². The molecule has 3 aliphatic rings. The van der Waals surface area contributed by atoms with E-state index in [1.165, 1.54) is 0 Å². The van der Waals surface area contributed by atoms with Crippen molar-refractivity contribution in [1.29, 1.82) is 0 Å². The molecule has 142 valence electrons. The molecule has 1 fully saturated rings. The molecule has 8 heteroatoms. The van der Waals surface area contributed by atoms with E-state index in [0.717, 1.165) is 33.1 Å². The lowest BCUT2D eigenvalue weighted by Gasteiger charge is -2.31. The fourth-order valence-electron chi connectivity index (χ4n) is 4.39. The van der Waals surface area contributed by atoms with Crippen LogP contribution >= 0.6 is 11.3 Å². The number of urea groups is 1. The first-order valence-corrected chi connectivity index (χ1v) is 10.1. The number of hydrogen-bond donors (Lipinski definition) is 1. The van der Waals surface area contributed by atoms with Gasteiger partial charge in [0.25, 0.3) is 17.7 Å². The third kappa shape index (κ3) is 2.21. The highest BCUT2D eigenvalue weighted by Crippen LogP contribution is 2.42. The van der Waals surface area contributed by atoms with Gasteiger partial charge in [0.15, 0.2) is 0 Å². The molecular formula is C20H17N3O4S. The number of thiophene rings is 1. The molecule has 0 saturated carbocycles. The van der Waals surface area contributed by atoms with Crippen LogP contribution in [0.5, 0.6) is 0 Å². The van der Waals surface area contributed by atoms with Crippen molar-refractivity contribution in [2.24, 2.45) is 0 Å². The number of aryl methyl sites for hydroxylation is 1. The Labute approximate surface area is 164 Å². The number of fused-ring (bicyclic) bond motifs is 3. The quantitative estimate of drug-likeness (QED) is 0.637. The van der Waals surface area contributed by atoms with Crippen molar-refractivity contribution in [3.8, 4) is 0 Å². The minimum Gasteiger partial charge on any atom is -0.319 e. The lowest BCUT2D eigenvalue weighted by molar-refractivity contribution is -0.132. The number of amides is 5. The molecule has 2 aromatic rings. The zero-order valence-corrected chi connectivity index (χ0v) is 15.8. The van der Waals surface area contributed by atoms with E-state index in [2.05, 4.69) is 5.32 Å². The predicted molar refractivity (Wildman–Crippen MR) is 101 cm³/mol. The number of nitrogens with zero attached hydrogens (tertiary/aromatic N) is 2. The minimum atomic E-state index is -1.01. The van der Waals surface area contributed by atoms with E-state index in [1.54, 1.807) is 35.6 Å². The van der Waals surface area contributed by atoms with Gasteiger partial charge in [-0.1, -0.05) is 12.1 Å². The summed E-state index contributed by atoms with van der Waals surface area (Å²) in [4.78, 5) is 54.2. The fraction of sp³-hybridized carbons (Fsp3) is 0.300. The number of hydrogen-bond acceptors (Lipinski definition) is 5. The van der Waals surface area contributed by atoms with Gasteiger partial charge in [0.1, 0.15) is 5.54 Å². The second-order valence-electron chi connectivity index (χ2n) is 7.21. The molecule has 7 nitrogen and oxygen atoms in total. The van der Waals surface area contributed by atoms with Crippen molar-refractivity contribution in [3.63, 3.8) is 0 Å². The lowest BCUT2D eigenvalue weighted by atomic mass is 9.80. The number of benzene rings is 1. The summed E-state index contributed by atoms with van der Waals surface area (Å²) in [6.45, 7) is -0.0323. The number of carbonyl (C=O) groups is 4. The molecule has 1 aromatic carbocycles. The first-order valence-electron chi connectivity index (χ1n) is 9.19. The number of carbonyl (C=O) groups excluding carboxylic acids is 4. The van der Waals surface area contributed by atoms with Gasteiger partial charge in [-0.15, -0.1) is 11.3 Å². The van der Waals surface area contributed by atoms with E-state index in [4.69, 9.17) is 0 Å². The molecular weight excluding hydrogens is 378 g/mol. The third-order valence-electron chi connectivity index (χ3n) is 5.76. The van der Waals surface area contributed by atoms with E-state index < -0.39 is 11.6 Å². The van der Waals surface area contributed by atoms with Crippen molar-refractivity contribution in [1.82, 2.24) is 15.1 Å². The van der Waals surface area contributed by atoms with Gasteiger partial charge in [0, 0.05) is 23.5 Å². The van der Waals surface area contributed by atoms with Crippen LogP contribution in [0.3, 0.4) is 0 Å². The Bertz CT molecular complexity index is 1010. The Kier molecular flexibility index (Phi) is 3.67. The summed E-state index contributed by atoms with van der Waals surface area (Å²) in [5.41, 5.74) is 0.588. The molecule has 1 saturated heterocycles. The molecule has 5 amide bonds. The van der Waals surface area contributed by atoms with Crippen LogP contribution in [0.4, 0.5) is 4.79 Å². The molecule has 1 aromatic heterocycles. The summed E-state index contributed by atoms with van der Waals surface area (Å²) < 4.78 is 0. The van der Waals surface area contributed by atoms with Crippen molar-refractivity contribution >= 4 is 35.1 Å². The van der Waals surface area contributed by atoms with Gasteiger partial charge in [0.05, 0.1) is 11.1 Å². The normalized spacial score (nSPS) is 23.4. The molecule has 5 rings (SSSR count). The van der Waals surface area contributed by atoms with Gasteiger partial charge in [-0.3, -0.25) is 24.2 Å². The smallest absolute Gasteiger partial charge is 0.319 e. The maximum Gasteiger partial charge on any atom is 0.325 e. The van der Waals surface area contributed by atoms with E-state index in [1.807, 2.05) is 11.4 Å². The number of nitrogens with one attached hydrogen (secondary N) is 1. The van der Waals surface area contributed by atoms with Crippen molar-refractivity contribution in [2.45, 2.75) is 24.8 Å². The van der Waals surface area contributed by atoms with Crippen LogP contribution in [0.2, 0.25) is 0 Å². The molecule has 1 N–H and O–H groups in total. The maximum absolute atomic E-state index is 13.2. The predicted octanol–water partition coefficient (Wildman–Crippen LogP) is 2.13. The van der Waals surface area contributed by atoms with Gasteiger partial charge >= 0.3 is 6.03 Å². The molecule has 0 bridgehead atoms.